The average Bonchev–Trinajstić information content (AvgIpc) is 3.06. The highest BCUT2D eigenvalue weighted by atomic mass is 32.1. The number of hydrogen-bond donors (Lipinski definition) is 2. The number of hydrogen-bond acceptors (Lipinski definition) is 9. The van der Waals surface area contributed by atoms with Gasteiger partial charge in [-0.15, -0.1) is 11.3 Å². The van der Waals surface area contributed by atoms with Crippen LogP contribution >= 0.6 is 11.3 Å². The first kappa shape index (κ1) is 22.4. The van der Waals surface area contributed by atoms with E-state index in [1.54, 1.807) is 13.8 Å². The van der Waals surface area contributed by atoms with E-state index >= 15 is 0 Å². The van der Waals surface area contributed by atoms with Gasteiger partial charge in [0.05, 0.1) is 31.8 Å². The SMILES string of the molecule is CCNC(=O)C(C)Nc1nc(CN2CCOCC2)nc2sc(C(=O)OCC)c(C)c12. The van der Waals surface area contributed by atoms with Gasteiger partial charge in [-0.05, 0) is 33.3 Å². The van der Waals surface area contributed by atoms with Crippen molar-refractivity contribution in [1.82, 2.24) is 20.2 Å². The van der Waals surface area contributed by atoms with Crippen LogP contribution in [-0.4, -0.2) is 72.2 Å². The largest absolute Gasteiger partial charge is 0.462 e. The zero-order chi connectivity index (χ0) is 21.7. The van der Waals surface area contributed by atoms with Crippen LogP contribution in [0.25, 0.3) is 10.2 Å². The third kappa shape index (κ3) is 5.05. The Hall–Kier alpha value is -2.30. The molecule has 2 aromatic heterocycles. The summed E-state index contributed by atoms with van der Waals surface area (Å²) in [5.41, 5.74) is 0.761. The molecule has 10 heteroatoms. The van der Waals surface area contributed by atoms with Gasteiger partial charge in [0.2, 0.25) is 5.91 Å². The van der Waals surface area contributed by atoms with Gasteiger partial charge in [-0.1, -0.05) is 0 Å². The quantitative estimate of drug-likeness (QED) is 0.606. The first-order chi connectivity index (χ1) is 14.4. The highest BCUT2D eigenvalue weighted by Crippen LogP contribution is 2.35. The van der Waals surface area contributed by atoms with E-state index in [1.807, 2.05) is 13.8 Å². The molecule has 2 N–H and O–H groups in total. The molecule has 0 bridgehead atoms. The van der Waals surface area contributed by atoms with E-state index in [0.717, 1.165) is 24.0 Å². The number of anilines is 1. The lowest BCUT2D eigenvalue weighted by atomic mass is 10.2. The van der Waals surface area contributed by atoms with Crippen LogP contribution in [0.3, 0.4) is 0 Å². The number of nitrogens with zero attached hydrogens (tertiary/aromatic N) is 3. The van der Waals surface area contributed by atoms with E-state index in [1.165, 1.54) is 11.3 Å². The van der Waals surface area contributed by atoms with E-state index in [-0.39, 0.29) is 11.9 Å². The molecular weight excluding hydrogens is 406 g/mol. The molecular formula is C20H29N5O4S. The van der Waals surface area contributed by atoms with E-state index in [9.17, 15) is 9.59 Å². The number of aromatic nitrogens is 2. The minimum absolute atomic E-state index is 0.113. The second kappa shape index (κ2) is 10.1. The summed E-state index contributed by atoms with van der Waals surface area (Å²) in [6.45, 7) is 11.7. The summed E-state index contributed by atoms with van der Waals surface area (Å²) in [5, 5.41) is 6.79. The minimum Gasteiger partial charge on any atom is -0.462 e. The van der Waals surface area contributed by atoms with E-state index < -0.39 is 6.04 Å². The van der Waals surface area contributed by atoms with E-state index in [2.05, 4.69) is 15.5 Å². The lowest BCUT2D eigenvalue weighted by molar-refractivity contribution is -0.121. The summed E-state index contributed by atoms with van der Waals surface area (Å²) < 4.78 is 10.6. The van der Waals surface area contributed by atoms with Gasteiger partial charge in [0.25, 0.3) is 0 Å². The first-order valence-corrected chi connectivity index (χ1v) is 11.1. The van der Waals surface area contributed by atoms with Gasteiger partial charge in [-0.2, -0.15) is 0 Å². The molecule has 0 radical (unpaired) electrons. The molecule has 1 atom stereocenters. The predicted octanol–water partition coefficient (Wildman–Crippen LogP) is 1.95. The number of ether oxygens (including phenoxy) is 2. The number of likely N-dealkylation sites (N-methyl/N-ethyl adjacent to an activating group) is 1. The molecule has 0 aromatic carbocycles. The van der Waals surface area contributed by atoms with Crippen molar-refractivity contribution < 1.29 is 19.1 Å². The van der Waals surface area contributed by atoms with Crippen LogP contribution in [0.2, 0.25) is 0 Å². The Morgan fingerprint density at radius 3 is 2.67 bits per heavy atom. The number of carbonyl (C=O) groups excluding carboxylic acids is 2. The fraction of sp³-hybridized carbons (Fsp3) is 0.600. The third-order valence-corrected chi connectivity index (χ3v) is 6.03. The molecule has 1 saturated heterocycles. The number of esters is 1. The molecule has 0 aliphatic carbocycles. The van der Waals surface area contributed by atoms with Crippen molar-refractivity contribution in [3.8, 4) is 0 Å². The number of nitrogens with one attached hydrogen (secondary N) is 2. The van der Waals surface area contributed by atoms with Gasteiger partial charge in [0, 0.05) is 19.6 Å². The lowest BCUT2D eigenvalue weighted by Crippen LogP contribution is -2.38. The fourth-order valence-electron chi connectivity index (χ4n) is 3.31. The first-order valence-electron chi connectivity index (χ1n) is 10.3. The van der Waals surface area contributed by atoms with Gasteiger partial charge in [-0.25, -0.2) is 14.8 Å². The van der Waals surface area contributed by atoms with Crippen LogP contribution in [0.5, 0.6) is 0 Å². The number of thiophene rings is 1. The summed E-state index contributed by atoms with van der Waals surface area (Å²) in [6, 6.07) is -0.482. The van der Waals surface area contributed by atoms with Gasteiger partial charge < -0.3 is 20.1 Å². The van der Waals surface area contributed by atoms with E-state index in [4.69, 9.17) is 19.4 Å². The Bertz CT molecular complexity index is 910. The maximum absolute atomic E-state index is 12.4. The van der Waals surface area contributed by atoms with Gasteiger partial charge in [-0.3, -0.25) is 9.69 Å². The monoisotopic (exact) mass is 435 g/mol. The minimum atomic E-state index is -0.482. The van der Waals surface area contributed by atoms with Crippen LogP contribution in [0, 0.1) is 6.92 Å². The summed E-state index contributed by atoms with van der Waals surface area (Å²) in [4.78, 5) is 37.6. The van der Waals surface area contributed by atoms with Crippen molar-refractivity contribution in [1.29, 1.82) is 0 Å². The summed E-state index contributed by atoms with van der Waals surface area (Å²) >= 11 is 1.30. The van der Waals surface area contributed by atoms with E-state index in [0.29, 0.717) is 54.3 Å². The summed E-state index contributed by atoms with van der Waals surface area (Å²) in [5.74, 6) is 0.728. The Morgan fingerprint density at radius 1 is 1.27 bits per heavy atom. The van der Waals surface area contributed by atoms with Gasteiger partial charge in [0.1, 0.15) is 27.4 Å². The Morgan fingerprint density at radius 2 is 2.00 bits per heavy atom. The maximum Gasteiger partial charge on any atom is 0.348 e. The molecule has 164 valence electrons. The normalized spacial score (nSPS) is 15.7. The summed E-state index contributed by atoms with van der Waals surface area (Å²) in [6.07, 6.45) is 0. The number of morpholine rings is 1. The number of rotatable bonds is 8. The average molecular weight is 436 g/mol. The molecule has 1 amide bonds. The Labute approximate surface area is 180 Å². The number of fused-ring (bicyclic) bond motifs is 1. The zero-order valence-corrected chi connectivity index (χ0v) is 18.7. The molecule has 1 fully saturated rings. The second-order valence-electron chi connectivity index (χ2n) is 7.09. The standard InChI is InChI=1S/C20H29N5O4S/c1-5-21-18(26)13(4)22-17-15-12(3)16(20(27)29-6-2)30-19(15)24-14(23-17)11-25-7-9-28-10-8-25/h13H,5-11H2,1-4H3,(H,21,26)(H,22,23,24). The molecule has 1 aliphatic heterocycles. The Balaban J connectivity index is 1.99. The number of carbonyl (C=O) groups is 2. The molecule has 9 nitrogen and oxygen atoms in total. The van der Waals surface area contributed by atoms with Crippen LogP contribution < -0.4 is 10.6 Å². The number of aryl methyl sites for hydroxylation is 1. The lowest BCUT2D eigenvalue weighted by Gasteiger charge is -2.26. The highest BCUT2D eigenvalue weighted by Gasteiger charge is 2.24. The van der Waals surface area contributed by atoms with Crippen LogP contribution in [0.15, 0.2) is 0 Å². The molecule has 30 heavy (non-hydrogen) atoms. The van der Waals surface area contributed by atoms with Crippen molar-refractivity contribution in [3.63, 3.8) is 0 Å². The van der Waals surface area contributed by atoms with Crippen molar-refractivity contribution in [2.24, 2.45) is 0 Å². The predicted molar refractivity (Wildman–Crippen MR) is 116 cm³/mol. The van der Waals surface area contributed by atoms with Crippen molar-refractivity contribution >= 4 is 39.2 Å². The number of amides is 1. The highest BCUT2D eigenvalue weighted by molar-refractivity contribution is 7.20. The van der Waals surface area contributed by atoms with Gasteiger partial charge >= 0.3 is 5.97 Å². The Kier molecular flexibility index (Phi) is 7.57. The van der Waals surface area contributed by atoms with Crippen LogP contribution in [0.4, 0.5) is 5.82 Å². The smallest absolute Gasteiger partial charge is 0.348 e. The van der Waals surface area contributed by atoms with Crippen molar-refractivity contribution in [3.05, 3.63) is 16.3 Å². The van der Waals surface area contributed by atoms with Crippen LogP contribution in [-0.2, 0) is 20.8 Å². The molecule has 1 aliphatic rings. The topological polar surface area (TPSA) is 106 Å². The summed E-state index contributed by atoms with van der Waals surface area (Å²) in [7, 11) is 0. The fourth-order valence-corrected chi connectivity index (χ4v) is 4.40. The molecule has 0 saturated carbocycles. The molecule has 3 heterocycles. The van der Waals surface area contributed by atoms with Crippen molar-refractivity contribution in [2.45, 2.75) is 40.3 Å². The third-order valence-electron chi connectivity index (χ3n) is 4.86. The second-order valence-corrected chi connectivity index (χ2v) is 8.09. The zero-order valence-electron chi connectivity index (χ0n) is 17.9. The van der Waals surface area contributed by atoms with Crippen molar-refractivity contribution in [2.75, 3.05) is 44.8 Å². The molecule has 2 aromatic rings. The molecule has 3 rings (SSSR count). The van der Waals surface area contributed by atoms with Gasteiger partial charge in [0.15, 0.2) is 0 Å². The maximum atomic E-state index is 12.4. The molecule has 0 spiro atoms. The van der Waals surface area contributed by atoms with Crippen LogP contribution in [0.1, 0.15) is 41.8 Å². The molecule has 1 unspecified atom stereocenters.